The van der Waals surface area contributed by atoms with Crippen LogP contribution >= 0.6 is 11.6 Å². The molecule has 0 heterocycles. The molecule has 21 heavy (non-hydrogen) atoms. The van der Waals surface area contributed by atoms with Gasteiger partial charge in [-0.05, 0) is 50.5 Å². The highest BCUT2D eigenvalue weighted by atomic mass is 35.5. The van der Waals surface area contributed by atoms with Crippen LogP contribution in [0.15, 0.2) is 18.2 Å². The summed E-state index contributed by atoms with van der Waals surface area (Å²) in [6.07, 6.45) is 0.975. The molecule has 1 aromatic carbocycles. The topological polar surface area (TPSA) is 66.8 Å². The van der Waals surface area contributed by atoms with E-state index < -0.39 is 12.1 Å². The fourth-order valence-electron chi connectivity index (χ4n) is 2.10. The lowest BCUT2D eigenvalue weighted by Gasteiger charge is -2.24. The molecule has 0 saturated heterocycles. The first-order valence-electron chi connectivity index (χ1n) is 6.83. The molecule has 1 unspecified atom stereocenters. The third-order valence-corrected chi connectivity index (χ3v) is 3.79. The van der Waals surface area contributed by atoms with Crippen molar-refractivity contribution in [1.29, 1.82) is 0 Å². The minimum Gasteiger partial charge on any atom is -0.481 e. The van der Waals surface area contributed by atoms with Gasteiger partial charge in [0.05, 0.1) is 0 Å². The van der Waals surface area contributed by atoms with Crippen LogP contribution in [0.2, 0.25) is 5.02 Å². The lowest BCUT2D eigenvalue weighted by molar-refractivity contribution is -0.148. The maximum absolute atomic E-state index is 12.3. The van der Waals surface area contributed by atoms with Gasteiger partial charge < -0.3 is 14.7 Å². The second-order valence-corrected chi connectivity index (χ2v) is 5.67. The third-order valence-electron chi connectivity index (χ3n) is 3.37. The van der Waals surface area contributed by atoms with E-state index in [-0.39, 0.29) is 18.5 Å². The molecular formula is C15H18ClNO4. The Labute approximate surface area is 128 Å². The van der Waals surface area contributed by atoms with Gasteiger partial charge in [-0.3, -0.25) is 9.59 Å². The van der Waals surface area contributed by atoms with E-state index in [2.05, 4.69) is 0 Å². The van der Waals surface area contributed by atoms with Gasteiger partial charge in [-0.25, -0.2) is 0 Å². The SMILES string of the molecule is Cc1cc(OC(C)C(=O)N(CC(=O)O)C2CC2)ccc1Cl. The van der Waals surface area contributed by atoms with Crippen LogP contribution in [0.3, 0.4) is 0 Å². The minimum absolute atomic E-state index is 0.0339. The van der Waals surface area contributed by atoms with E-state index in [9.17, 15) is 9.59 Å². The highest BCUT2D eigenvalue weighted by Crippen LogP contribution is 2.28. The quantitative estimate of drug-likeness (QED) is 0.876. The average Bonchev–Trinajstić information content (AvgIpc) is 3.23. The van der Waals surface area contributed by atoms with E-state index in [1.54, 1.807) is 25.1 Å². The summed E-state index contributed by atoms with van der Waals surface area (Å²) >= 11 is 5.94. The standard InChI is InChI=1S/C15H18ClNO4/c1-9-7-12(5-6-13(9)16)21-10(2)15(20)17(8-14(18)19)11-3-4-11/h5-7,10-11H,3-4,8H2,1-2H3,(H,18,19). The van der Waals surface area contributed by atoms with Gasteiger partial charge in [-0.1, -0.05) is 11.6 Å². The fourth-order valence-corrected chi connectivity index (χ4v) is 2.21. The van der Waals surface area contributed by atoms with Crippen molar-refractivity contribution in [1.82, 2.24) is 4.90 Å². The second kappa shape index (κ2) is 6.35. The number of hydrogen-bond donors (Lipinski definition) is 1. The summed E-state index contributed by atoms with van der Waals surface area (Å²) in [5.74, 6) is -0.763. The molecule has 1 fully saturated rings. The third kappa shape index (κ3) is 4.11. The summed E-state index contributed by atoms with van der Waals surface area (Å²) in [5.41, 5.74) is 0.860. The molecule has 0 radical (unpaired) electrons. The first kappa shape index (κ1) is 15.6. The Hall–Kier alpha value is -1.75. The van der Waals surface area contributed by atoms with Crippen LogP contribution in [0.25, 0.3) is 0 Å². The Bertz CT molecular complexity index is 557. The van der Waals surface area contributed by atoms with Gasteiger partial charge in [0.1, 0.15) is 12.3 Å². The van der Waals surface area contributed by atoms with Crippen LogP contribution in [0, 0.1) is 6.92 Å². The number of hydrogen-bond acceptors (Lipinski definition) is 3. The fraction of sp³-hybridized carbons (Fsp3) is 0.467. The number of carboxylic acid groups (broad SMARTS) is 1. The minimum atomic E-state index is -1.01. The van der Waals surface area contributed by atoms with Crippen LogP contribution in [-0.4, -0.2) is 40.6 Å². The molecule has 1 N–H and O–H groups in total. The lowest BCUT2D eigenvalue weighted by Crippen LogP contribution is -2.44. The first-order valence-corrected chi connectivity index (χ1v) is 7.21. The monoisotopic (exact) mass is 311 g/mol. The van der Waals surface area contributed by atoms with Crippen molar-refractivity contribution in [3.63, 3.8) is 0 Å². The van der Waals surface area contributed by atoms with Crippen LogP contribution in [0.4, 0.5) is 0 Å². The van der Waals surface area contributed by atoms with E-state index in [0.717, 1.165) is 18.4 Å². The molecule has 0 aromatic heterocycles. The predicted molar refractivity (Wildman–Crippen MR) is 78.6 cm³/mol. The number of carbonyl (C=O) groups excluding carboxylic acids is 1. The molecule has 0 aliphatic heterocycles. The molecule has 1 aromatic rings. The van der Waals surface area contributed by atoms with Crippen LogP contribution in [0.1, 0.15) is 25.3 Å². The summed E-state index contributed by atoms with van der Waals surface area (Å²) in [7, 11) is 0. The Morgan fingerprint density at radius 3 is 2.67 bits per heavy atom. The Morgan fingerprint density at radius 1 is 1.48 bits per heavy atom. The number of carbonyl (C=O) groups is 2. The van der Waals surface area contributed by atoms with Crippen molar-refractivity contribution in [3.05, 3.63) is 28.8 Å². The second-order valence-electron chi connectivity index (χ2n) is 5.26. The summed E-state index contributed by atoms with van der Waals surface area (Å²) in [5, 5.41) is 9.53. The van der Waals surface area contributed by atoms with Crippen molar-refractivity contribution < 1.29 is 19.4 Å². The normalized spacial score (nSPS) is 15.4. The van der Waals surface area contributed by atoms with Gasteiger partial charge in [0.2, 0.25) is 0 Å². The van der Waals surface area contributed by atoms with Crippen molar-refractivity contribution in [2.45, 2.75) is 38.8 Å². The van der Waals surface area contributed by atoms with Gasteiger partial charge in [0, 0.05) is 11.1 Å². The Morgan fingerprint density at radius 2 is 2.14 bits per heavy atom. The highest BCUT2D eigenvalue weighted by molar-refractivity contribution is 6.31. The summed E-state index contributed by atoms with van der Waals surface area (Å²) in [4.78, 5) is 24.6. The number of nitrogens with zero attached hydrogens (tertiary/aromatic N) is 1. The van der Waals surface area contributed by atoms with E-state index in [1.807, 2.05) is 6.92 Å². The molecule has 1 aliphatic rings. The molecule has 0 bridgehead atoms. The number of benzene rings is 1. The lowest BCUT2D eigenvalue weighted by atomic mass is 10.2. The average molecular weight is 312 g/mol. The van der Waals surface area contributed by atoms with E-state index in [4.69, 9.17) is 21.4 Å². The molecule has 0 spiro atoms. The Balaban J connectivity index is 2.03. The number of carboxylic acids is 1. The number of rotatable bonds is 6. The number of aryl methyl sites for hydroxylation is 1. The number of aliphatic carboxylic acids is 1. The van der Waals surface area contributed by atoms with Crippen molar-refractivity contribution >= 4 is 23.5 Å². The van der Waals surface area contributed by atoms with Crippen LogP contribution < -0.4 is 4.74 Å². The summed E-state index contributed by atoms with van der Waals surface area (Å²) in [6.45, 7) is 3.20. The van der Waals surface area contributed by atoms with Gasteiger partial charge in [-0.2, -0.15) is 0 Å². The molecule has 1 amide bonds. The smallest absolute Gasteiger partial charge is 0.323 e. The van der Waals surface area contributed by atoms with Gasteiger partial charge in [0.25, 0.3) is 5.91 Å². The molecule has 114 valence electrons. The number of amides is 1. The van der Waals surface area contributed by atoms with Gasteiger partial charge >= 0.3 is 5.97 Å². The van der Waals surface area contributed by atoms with Crippen molar-refractivity contribution in [3.8, 4) is 5.75 Å². The molecule has 1 saturated carbocycles. The maximum Gasteiger partial charge on any atom is 0.323 e. The molecule has 1 atom stereocenters. The van der Waals surface area contributed by atoms with Crippen molar-refractivity contribution in [2.75, 3.05) is 6.54 Å². The zero-order valence-corrected chi connectivity index (χ0v) is 12.8. The molecule has 1 aliphatic carbocycles. The number of ether oxygens (including phenoxy) is 1. The van der Waals surface area contributed by atoms with E-state index in [1.165, 1.54) is 4.90 Å². The first-order chi connectivity index (χ1) is 9.88. The zero-order valence-electron chi connectivity index (χ0n) is 12.0. The van der Waals surface area contributed by atoms with Gasteiger partial charge in [-0.15, -0.1) is 0 Å². The van der Waals surface area contributed by atoms with Gasteiger partial charge in [0.15, 0.2) is 6.10 Å². The van der Waals surface area contributed by atoms with Crippen LogP contribution in [0.5, 0.6) is 5.75 Å². The van der Waals surface area contributed by atoms with E-state index >= 15 is 0 Å². The molecule has 5 nitrogen and oxygen atoms in total. The Kier molecular flexibility index (Phi) is 4.73. The molecule has 6 heteroatoms. The molecular weight excluding hydrogens is 294 g/mol. The summed E-state index contributed by atoms with van der Waals surface area (Å²) < 4.78 is 5.61. The predicted octanol–water partition coefficient (Wildman–Crippen LogP) is 2.49. The summed E-state index contributed by atoms with van der Waals surface area (Å²) in [6, 6.07) is 5.19. The molecule has 2 rings (SSSR count). The largest absolute Gasteiger partial charge is 0.481 e. The highest BCUT2D eigenvalue weighted by Gasteiger charge is 2.36. The maximum atomic E-state index is 12.3. The van der Waals surface area contributed by atoms with E-state index in [0.29, 0.717) is 10.8 Å². The number of halogens is 1. The van der Waals surface area contributed by atoms with Crippen molar-refractivity contribution in [2.24, 2.45) is 0 Å². The van der Waals surface area contributed by atoms with Crippen LogP contribution in [-0.2, 0) is 9.59 Å². The zero-order chi connectivity index (χ0) is 15.6.